The molecule has 1 aliphatic rings. The molecule has 2 N–H and O–H groups in total. The first-order valence-electron chi connectivity index (χ1n) is 9.16. The van der Waals surface area contributed by atoms with Crippen molar-refractivity contribution in [3.05, 3.63) is 58.0 Å². The Hall–Kier alpha value is -2.93. The lowest BCUT2D eigenvalue weighted by Gasteiger charge is -2.41. The second-order valence-corrected chi connectivity index (χ2v) is 7.37. The normalized spacial score (nSPS) is 17.1. The van der Waals surface area contributed by atoms with E-state index in [0.717, 1.165) is 24.5 Å². The Balaban J connectivity index is 1.35. The standard InChI is InChI=1S/C20H21ClN4O3/c1-13-12-24(16-5-2-14(21)3-6-16)8-9-25(13)19(26)11-22-15-4-7-17-18(10-15)28-20(27)23-17/h2-7,10,13,22H,8-9,11-12H2,1H3,(H,23,27)/t13-/m1/s1. The molecule has 2 aromatic carbocycles. The van der Waals surface area contributed by atoms with Crippen LogP contribution in [0.25, 0.3) is 11.1 Å². The number of amides is 1. The molecule has 2 heterocycles. The van der Waals surface area contributed by atoms with Crippen molar-refractivity contribution in [1.82, 2.24) is 9.88 Å². The molecule has 0 spiro atoms. The van der Waals surface area contributed by atoms with Crippen molar-refractivity contribution in [2.45, 2.75) is 13.0 Å². The van der Waals surface area contributed by atoms with Crippen molar-refractivity contribution in [1.29, 1.82) is 0 Å². The highest BCUT2D eigenvalue weighted by Crippen LogP contribution is 2.22. The van der Waals surface area contributed by atoms with E-state index in [9.17, 15) is 9.59 Å². The third-order valence-electron chi connectivity index (χ3n) is 5.00. The van der Waals surface area contributed by atoms with E-state index in [-0.39, 0.29) is 18.5 Å². The van der Waals surface area contributed by atoms with Crippen molar-refractivity contribution in [3.63, 3.8) is 0 Å². The lowest BCUT2D eigenvalue weighted by atomic mass is 10.1. The zero-order valence-corrected chi connectivity index (χ0v) is 16.2. The summed E-state index contributed by atoms with van der Waals surface area (Å²) in [6.45, 7) is 4.45. The first-order chi connectivity index (χ1) is 13.5. The molecule has 4 rings (SSSR count). The molecule has 1 fully saturated rings. The van der Waals surface area contributed by atoms with Gasteiger partial charge in [-0.15, -0.1) is 0 Å². The highest BCUT2D eigenvalue weighted by molar-refractivity contribution is 6.30. The predicted octanol–water partition coefficient (Wildman–Crippen LogP) is 2.92. The van der Waals surface area contributed by atoms with Gasteiger partial charge < -0.3 is 19.5 Å². The van der Waals surface area contributed by atoms with Crippen LogP contribution < -0.4 is 16.0 Å². The first kappa shape index (κ1) is 18.4. The summed E-state index contributed by atoms with van der Waals surface area (Å²) < 4.78 is 5.05. The van der Waals surface area contributed by atoms with Crippen LogP contribution in [0.2, 0.25) is 5.02 Å². The largest absolute Gasteiger partial charge is 0.417 e. The van der Waals surface area contributed by atoms with Gasteiger partial charge in [-0.3, -0.25) is 9.78 Å². The Morgan fingerprint density at radius 3 is 2.79 bits per heavy atom. The fraction of sp³-hybridized carbons (Fsp3) is 0.300. The van der Waals surface area contributed by atoms with E-state index in [4.69, 9.17) is 16.0 Å². The lowest BCUT2D eigenvalue weighted by Crippen LogP contribution is -2.55. The van der Waals surface area contributed by atoms with E-state index in [2.05, 4.69) is 22.1 Å². The topological polar surface area (TPSA) is 81.6 Å². The monoisotopic (exact) mass is 400 g/mol. The highest BCUT2D eigenvalue weighted by atomic mass is 35.5. The van der Waals surface area contributed by atoms with Crippen LogP contribution in [-0.2, 0) is 4.79 Å². The third-order valence-corrected chi connectivity index (χ3v) is 5.26. The quantitative estimate of drug-likeness (QED) is 0.703. The number of oxazole rings is 1. The van der Waals surface area contributed by atoms with Gasteiger partial charge in [0, 0.05) is 48.1 Å². The van der Waals surface area contributed by atoms with Crippen LogP contribution in [-0.4, -0.2) is 48.0 Å². The second kappa shape index (κ2) is 7.59. The minimum Gasteiger partial charge on any atom is -0.408 e. The van der Waals surface area contributed by atoms with Gasteiger partial charge in [0.1, 0.15) is 0 Å². The van der Waals surface area contributed by atoms with E-state index in [0.29, 0.717) is 22.7 Å². The number of H-pyrrole nitrogens is 1. The number of piperazine rings is 1. The lowest BCUT2D eigenvalue weighted by molar-refractivity contribution is -0.131. The van der Waals surface area contributed by atoms with Crippen LogP contribution in [0.5, 0.6) is 0 Å². The molecule has 1 saturated heterocycles. The van der Waals surface area contributed by atoms with Gasteiger partial charge in [-0.2, -0.15) is 0 Å². The molecule has 0 bridgehead atoms. The number of nitrogens with one attached hydrogen (secondary N) is 2. The molecule has 146 valence electrons. The molecule has 1 aromatic heterocycles. The number of nitrogens with zero attached hydrogens (tertiary/aromatic N) is 2. The number of rotatable bonds is 4. The Labute approximate surface area is 166 Å². The van der Waals surface area contributed by atoms with Gasteiger partial charge in [0.15, 0.2) is 5.58 Å². The van der Waals surface area contributed by atoms with Crippen molar-refractivity contribution < 1.29 is 9.21 Å². The van der Waals surface area contributed by atoms with Crippen molar-refractivity contribution in [3.8, 4) is 0 Å². The number of carbonyl (C=O) groups excluding carboxylic acids is 1. The number of aromatic nitrogens is 1. The molecule has 1 aliphatic heterocycles. The number of anilines is 2. The molecule has 28 heavy (non-hydrogen) atoms. The van der Waals surface area contributed by atoms with E-state index in [1.54, 1.807) is 12.1 Å². The minimum absolute atomic E-state index is 0.0406. The highest BCUT2D eigenvalue weighted by Gasteiger charge is 2.27. The summed E-state index contributed by atoms with van der Waals surface area (Å²) in [6.07, 6.45) is 0. The van der Waals surface area contributed by atoms with Crippen LogP contribution >= 0.6 is 11.6 Å². The molecular weight excluding hydrogens is 380 g/mol. The average molecular weight is 401 g/mol. The molecule has 0 saturated carbocycles. The Morgan fingerprint density at radius 1 is 1.25 bits per heavy atom. The van der Waals surface area contributed by atoms with Gasteiger partial charge in [0.05, 0.1) is 12.1 Å². The van der Waals surface area contributed by atoms with Gasteiger partial charge in [-0.05, 0) is 43.3 Å². The molecule has 0 aliphatic carbocycles. The smallest absolute Gasteiger partial charge is 0.408 e. The zero-order chi connectivity index (χ0) is 19.7. The molecule has 0 unspecified atom stereocenters. The summed E-state index contributed by atoms with van der Waals surface area (Å²) >= 11 is 5.96. The number of aromatic amines is 1. The van der Waals surface area contributed by atoms with Gasteiger partial charge >= 0.3 is 5.76 Å². The maximum atomic E-state index is 12.7. The number of benzene rings is 2. The van der Waals surface area contributed by atoms with Gasteiger partial charge in [0.25, 0.3) is 0 Å². The minimum atomic E-state index is -0.490. The molecule has 1 amide bonds. The summed E-state index contributed by atoms with van der Waals surface area (Å²) in [5.74, 6) is -0.450. The van der Waals surface area contributed by atoms with Crippen LogP contribution in [0.1, 0.15) is 6.92 Å². The number of hydrogen-bond acceptors (Lipinski definition) is 5. The van der Waals surface area contributed by atoms with Crippen LogP contribution in [0.15, 0.2) is 51.7 Å². The van der Waals surface area contributed by atoms with E-state index in [1.807, 2.05) is 35.2 Å². The predicted molar refractivity (Wildman–Crippen MR) is 110 cm³/mol. The number of carbonyl (C=O) groups is 1. The number of halogens is 1. The van der Waals surface area contributed by atoms with Crippen LogP contribution in [0.3, 0.4) is 0 Å². The fourth-order valence-corrected chi connectivity index (χ4v) is 3.68. The summed E-state index contributed by atoms with van der Waals surface area (Å²) in [7, 11) is 0. The summed E-state index contributed by atoms with van der Waals surface area (Å²) in [5.41, 5.74) is 2.94. The average Bonchev–Trinajstić information content (AvgIpc) is 3.06. The molecule has 7 nitrogen and oxygen atoms in total. The van der Waals surface area contributed by atoms with Crippen molar-refractivity contribution in [2.75, 3.05) is 36.4 Å². The van der Waals surface area contributed by atoms with E-state index >= 15 is 0 Å². The number of hydrogen-bond donors (Lipinski definition) is 2. The summed E-state index contributed by atoms with van der Waals surface area (Å²) in [4.78, 5) is 30.7. The van der Waals surface area contributed by atoms with Crippen molar-refractivity contribution in [2.24, 2.45) is 0 Å². The van der Waals surface area contributed by atoms with Crippen molar-refractivity contribution >= 4 is 40.0 Å². The molecular formula is C20H21ClN4O3. The third kappa shape index (κ3) is 3.84. The van der Waals surface area contributed by atoms with Gasteiger partial charge in [-0.25, -0.2) is 4.79 Å². The molecule has 0 radical (unpaired) electrons. The Morgan fingerprint density at radius 2 is 2.04 bits per heavy atom. The van der Waals surface area contributed by atoms with Gasteiger partial charge in [0.2, 0.25) is 5.91 Å². The second-order valence-electron chi connectivity index (χ2n) is 6.94. The van der Waals surface area contributed by atoms with Gasteiger partial charge in [-0.1, -0.05) is 11.6 Å². The maximum Gasteiger partial charge on any atom is 0.417 e. The zero-order valence-electron chi connectivity index (χ0n) is 15.4. The van der Waals surface area contributed by atoms with Crippen LogP contribution in [0.4, 0.5) is 11.4 Å². The van der Waals surface area contributed by atoms with E-state index in [1.165, 1.54) is 0 Å². The first-order valence-corrected chi connectivity index (χ1v) is 9.54. The molecule has 1 atom stereocenters. The maximum absolute atomic E-state index is 12.7. The Bertz CT molecular complexity index is 1040. The number of fused-ring (bicyclic) bond motifs is 1. The summed E-state index contributed by atoms with van der Waals surface area (Å²) in [5, 5.41) is 3.83. The SMILES string of the molecule is C[C@@H]1CN(c2ccc(Cl)cc2)CCN1C(=O)CNc1ccc2[nH]c(=O)oc2c1. The van der Waals surface area contributed by atoms with Crippen LogP contribution in [0, 0.1) is 0 Å². The molecule has 8 heteroatoms. The molecule has 3 aromatic rings. The summed E-state index contributed by atoms with van der Waals surface area (Å²) in [6, 6.07) is 13.1. The van der Waals surface area contributed by atoms with E-state index < -0.39 is 5.76 Å². The fourth-order valence-electron chi connectivity index (χ4n) is 3.55. The Kier molecular flexibility index (Phi) is 5.00.